The molecule has 1 N–H and O–H groups in total. The highest BCUT2D eigenvalue weighted by Crippen LogP contribution is 2.31. The Labute approximate surface area is 236 Å². The molecule has 5 nitrogen and oxygen atoms in total. The van der Waals surface area contributed by atoms with Gasteiger partial charge in [0.1, 0.15) is 11.6 Å². The zero-order valence-corrected chi connectivity index (χ0v) is 25.4. The van der Waals surface area contributed by atoms with Crippen LogP contribution in [0.25, 0.3) is 11.1 Å². The maximum absolute atomic E-state index is 12.3. The van der Waals surface area contributed by atoms with Crippen molar-refractivity contribution < 1.29 is 9.53 Å². The van der Waals surface area contributed by atoms with Crippen LogP contribution in [0.2, 0.25) is 0 Å². The molecule has 210 valence electrons. The van der Waals surface area contributed by atoms with E-state index in [-0.39, 0.29) is 5.91 Å². The third kappa shape index (κ3) is 10.4. The van der Waals surface area contributed by atoms with Crippen molar-refractivity contribution in [3.05, 3.63) is 101 Å². The number of carbonyl (C=O) groups is 1. The second-order valence-corrected chi connectivity index (χ2v) is 9.10. The third-order valence-electron chi connectivity index (χ3n) is 5.83. The normalized spacial score (nSPS) is 11.8. The number of aliphatic imine (C=N–C) groups is 1. The van der Waals surface area contributed by atoms with Gasteiger partial charge in [0.2, 0.25) is 0 Å². The minimum absolute atomic E-state index is 0.0234. The number of nitrogens with one attached hydrogen (secondary N) is 1. The lowest BCUT2D eigenvalue weighted by Gasteiger charge is -2.16. The molecule has 1 amide bonds. The molecule has 0 bridgehead atoms. The SMILES string of the molecule is C=C(/C=C\C(C)=C\CC)CN=C(N/C=C/CC)c1cc(-c2ccc(C(=O)N(C)C)cc2)cc(OC)c1C.CC. The molecule has 0 unspecified atom stereocenters. The molecule has 0 saturated carbocycles. The van der Waals surface area contributed by atoms with E-state index < -0.39 is 0 Å². The highest BCUT2D eigenvalue weighted by Gasteiger charge is 2.15. The van der Waals surface area contributed by atoms with Crippen LogP contribution in [0.1, 0.15) is 68.9 Å². The van der Waals surface area contributed by atoms with Crippen LogP contribution in [-0.2, 0) is 0 Å². The summed E-state index contributed by atoms with van der Waals surface area (Å²) in [7, 11) is 5.18. The third-order valence-corrected chi connectivity index (χ3v) is 5.83. The average Bonchev–Trinajstić information content (AvgIpc) is 2.95. The number of amidine groups is 1. The minimum Gasteiger partial charge on any atom is -0.496 e. The molecule has 39 heavy (non-hydrogen) atoms. The summed E-state index contributed by atoms with van der Waals surface area (Å²) in [5, 5.41) is 3.37. The molecule has 0 heterocycles. The number of allylic oxidation sites excluding steroid dienone is 4. The van der Waals surface area contributed by atoms with Gasteiger partial charge in [0.05, 0.1) is 13.7 Å². The summed E-state index contributed by atoms with van der Waals surface area (Å²) >= 11 is 0. The lowest BCUT2D eigenvalue weighted by molar-refractivity contribution is 0.0827. The van der Waals surface area contributed by atoms with Gasteiger partial charge < -0.3 is 15.0 Å². The maximum Gasteiger partial charge on any atom is 0.253 e. The summed E-state index contributed by atoms with van der Waals surface area (Å²) in [5.41, 5.74) is 6.69. The van der Waals surface area contributed by atoms with Gasteiger partial charge >= 0.3 is 0 Å². The first-order valence-corrected chi connectivity index (χ1v) is 13.7. The predicted molar refractivity (Wildman–Crippen MR) is 169 cm³/mol. The summed E-state index contributed by atoms with van der Waals surface area (Å²) in [6.07, 6.45) is 12.2. The van der Waals surface area contributed by atoms with Crippen LogP contribution in [0.15, 0.2) is 89.6 Å². The Morgan fingerprint density at radius 2 is 1.72 bits per heavy atom. The molecule has 2 rings (SSSR count). The molecule has 5 heteroatoms. The second kappa shape index (κ2) is 17.6. The van der Waals surface area contributed by atoms with Crippen molar-refractivity contribution in [3.63, 3.8) is 0 Å². The van der Waals surface area contributed by atoms with E-state index in [0.29, 0.717) is 12.1 Å². The second-order valence-electron chi connectivity index (χ2n) is 9.10. The van der Waals surface area contributed by atoms with Gasteiger partial charge in [0.25, 0.3) is 5.91 Å². The van der Waals surface area contributed by atoms with Crippen LogP contribution in [0.4, 0.5) is 0 Å². The van der Waals surface area contributed by atoms with Crippen molar-refractivity contribution in [1.82, 2.24) is 10.2 Å². The van der Waals surface area contributed by atoms with Gasteiger partial charge in [-0.3, -0.25) is 9.79 Å². The fraction of sp³-hybridized carbons (Fsp3) is 0.353. The zero-order chi connectivity index (χ0) is 29.4. The number of hydrogen-bond acceptors (Lipinski definition) is 3. The standard InChI is InChI=1S/C32H41N3O2.C2H6/c1-9-11-19-33-31(34-22-24(4)14-13-23(3)12-10-2)29-20-28(21-30(37-8)25(29)5)26-15-17-27(18-16-26)32(36)35(6)7;1-2/h11-21H,4,9-10,22H2,1-3,5-8H3,(H,33,34);1-2H3/b14-13-,19-11+,23-12+;. The Morgan fingerprint density at radius 1 is 1.05 bits per heavy atom. The molecule has 2 aromatic carbocycles. The molecular formula is C34H47N3O2. The number of methoxy groups -OCH3 is 1. The zero-order valence-electron chi connectivity index (χ0n) is 25.4. The number of carbonyl (C=O) groups excluding carboxylic acids is 1. The summed E-state index contributed by atoms with van der Waals surface area (Å²) in [5.74, 6) is 1.50. The summed E-state index contributed by atoms with van der Waals surface area (Å²) in [4.78, 5) is 18.8. The van der Waals surface area contributed by atoms with E-state index in [1.54, 1.807) is 26.1 Å². The van der Waals surface area contributed by atoms with E-state index in [4.69, 9.17) is 9.73 Å². The number of benzene rings is 2. The number of hydrogen-bond donors (Lipinski definition) is 1. The highest BCUT2D eigenvalue weighted by molar-refractivity contribution is 6.02. The van der Waals surface area contributed by atoms with Gasteiger partial charge in [-0.05, 0) is 73.9 Å². The summed E-state index contributed by atoms with van der Waals surface area (Å²) in [6, 6.07) is 11.8. The maximum atomic E-state index is 12.3. The molecule has 0 aliphatic rings. The first-order chi connectivity index (χ1) is 18.7. The molecule has 0 aliphatic heterocycles. The quantitative estimate of drug-likeness (QED) is 0.182. The van der Waals surface area contributed by atoms with Crippen molar-refractivity contribution in [2.45, 2.75) is 54.4 Å². The Balaban J connectivity index is 0.00000371. The number of amides is 1. The van der Waals surface area contributed by atoms with E-state index in [1.165, 1.54) is 5.57 Å². The van der Waals surface area contributed by atoms with E-state index >= 15 is 0 Å². The van der Waals surface area contributed by atoms with Crippen molar-refractivity contribution >= 4 is 11.7 Å². The van der Waals surface area contributed by atoms with Gasteiger partial charge in [-0.2, -0.15) is 0 Å². The van der Waals surface area contributed by atoms with Gasteiger partial charge in [0, 0.05) is 30.8 Å². The van der Waals surface area contributed by atoms with Crippen LogP contribution in [0.5, 0.6) is 5.75 Å². The molecular weight excluding hydrogens is 482 g/mol. The largest absolute Gasteiger partial charge is 0.496 e. The monoisotopic (exact) mass is 529 g/mol. The van der Waals surface area contributed by atoms with Crippen molar-refractivity contribution in [2.24, 2.45) is 4.99 Å². The Hall–Kier alpha value is -3.86. The number of nitrogens with zero attached hydrogens (tertiary/aromatic N) is 2. The molecule has 0 aliphatic carbocycles. The van der Waals surface area contributed by atoms with E-state index in [2.05, 4.69) is 57.0 Å². The van der Waals surface area contributed by atoms with Gasteiger partial charge in [0.15, 0.2) is 0 Å². The van der Waals surface area contributed by atoms with E-state index in [0.717, 1.165) is 52.3 Å². The highest BCUT2D eigenvalue weighted by atomic mass is 16.5. The van der Waals surface area contributed by atoms with Crippen LogP contribution in [0, 0.1) is 6.92 Å². The van der Waals surface area contributed by atoms with Crippen molar-refractivity contribution in [3.8, 4) is 16.9 Å². The first-order valence-electron chi connectivity index (χ1n) is 13.7. The topological polar surface area (TPSA) is 53.9 Å². The average molecular weight is 530 g/mol. The molecule has 0 fully saturated rings. The number of rotatable bonds is 11. The first kappa shape index (κ1) is 33.2. The van der Waals surface area contributed by atoms with Crippen LogP contribution in [0.3, 0.4) is 0 Å². The van der Waals surface area contributed by atoms with Crippen molar-refractivity contribution in [2.75, 3.05) is 27.7 Å². The van der Waals surface area contributed by atoms with Gasteiger partial charge in [-0.15, -0.1) is 0 Å². The molecule has 2 aromatic rings. The molecule has 0 spiro atoms. The fourth-order valence-electron chi connectivity index (χ4n) is 3.71. The molecule has 0 aromatic heterocycles. The molecule has 0 saturated heterocycles. The Bertz CT molecular complexity index is 1200. The smallest absolute Gasteiger partial charge is 0.253 e. The van der Waals surface area contributed by atoms with Gasteiger partial charge in [-0.25, -0.2) is 0 Å². The van der Waals surface area contributed by atoms with Gasteiger partial charge in [-0.1, -0.05) is 76.3 Å². The lowest BCUT2D eigenvalue weighted by atomic mass is 9.97. The van der Waals surface area contributed by atoms with Crippen LogP contribution < -0.4 is 10.1 Å². The Kier molecular flexibility index (Phi) is 15.0. The predicted octanol–water partition coefficient (Wildman–Crippen LogP) is 8.13. The van der Waals surface area contributed by atoms with E-state index in [9.17, 15) is 4.79 Å². The number of ether oxygens (including phenoxy) is 1. The Morgan fingerprint density at radius 3 is 2.28 bits per heavy atom. The minimum atomic E-state index is -0.0234. The van der Waals surface area contributed by atoms with E-state index in [1.807, 2.05) is 63.4 Å². The summed E-state index contributed by atoms with van der Waals surface area (Å²) in [6.45, 7) is 17.0. The molecule has 0 radical (unpaired) electrons. The van der Waals surface area contributed by atoms with Crippen LogP contribution >= 0.6 is 0 Å². The lowest BCUT2D eigenvalue weighted by Crippen LogP contribution is -2.21. The fourth-order valence-corrected chi connectivity index (χ4v) is 3.71. The van der Waals surface area contributed by atoms with Crippen LogP contribution in [-0.4, -0.2) is 44.4 Å². The molecule has 0 atom stereocenters. The van der Waals surface area contributed by atoms with Crippen molar-refractivity contribution in [1.29, 1.82) is 0 Å². The summed E-state index contributed by atoms with van der Waals surface area (Å²) < 4.78 is 5.73.